The van der Waals surface area contributed by atoms with Gasteiger partial charge in [-0.05, 0) is 0 Å². The second kappa shape index (κ2) is 2.76. The van der Waals surface area contributed by atoms with Gasteiger partial charge in [0.2, 0.25) is 0 Å². The summed E-state index contributed by atoms with van der Waals surface area (Å²) in [5.41, 5.74) is 0. The van der Waals surface area contributed by atoms with Crippen LogP contribution < -0.4 is 10.6 Å². The Kier molecular flexibility index (Phi) is 1.96. The molecule has 1 saturated heterocycles. The zero-order valence-corrected chi connectivity index (χ0v) is 4.39. The van der Waals surface area contributed by atoms with Crippen LogP contribution in [0.1, 0.15) is 0 Å². The monoisotopic (exact) mass is 116 g/mol. The lowest BCUT2D eigenvalue weighted by Crippen LogP contribution is -2.50. The van der Waals surface area contributed by atoms with Gasteiger partial charge in [-0.2, -0.15) is 0 Å². The van der Waals surface area contributed by atoms with Crippen LogP contribution in [0, 0.1) is 0 Å². The molecule has 0 aromatic heterocycles. The summed E-state index contributed by atoms with van der Waals surface area (Å²) in [5, 5.41) is 5.53. The third kappa shape index (κ3) is 1.26. The molecule has 4 heteroatoms. The maximum absolute atomic E-state index is 9.98. The van der Waals surface area contributed by atoms with Crippen LogP contribution in [0.5, 0.6) is 0 Å². The molecule has 1 fully saturated rings. The van der Waals surface area contributed by atoms with Crippen molar-refractivity contribution >= 4 is 6.29 Å². The van der Waals surface area contributed by atoms with Crippen molar-refractivity contribution in [1.82, 2.24) is 10.6 Å². The Bertz CT molecular complexity index is 80.1. The number of rotatable bonds is 1. The molecule has 0 aromatic carbocycles. The number of ether oxygens (including phenoxy) is 1. The summed E-state index contributed by atoms with van der Waals surface area (Å²) >= 11 is 0. The van der Waals surface area contributed by atoms with Crippen LogP contribution >= 0.6 is 0 Å². The molecule has 0 aliphatic carbocycles. The number of hydrogen-bond acceptors (Lipinski definition) is 4. The Morgan fingerprint density at radius 1 is 1.50 bits per heavy atom. The van der Waals surface area contributed by atoms with Gasteiger partial charge in [-0.3, -0.25) is 10.6 Å². The Morgan fingerprint density at radius 3 is 2.50 bits per heavy atom. The molecule has 4 nitrogen and oxygen atoms in total. The lowest BCUT2D eigenvalue weighted by Gasteiger charge is -2.19. The molecular formula is C4H8N2O2. The summed E-state index contributed by atoms with van der Waals surface area (Å²) < 4.78 is 4.82. The van der Waals surface area contributed by atoms with Gasteiger partial charge in [-0.25, -0.2) is 0 Å². The minimum absolute atomic E-state index is 0.219. The zero-order valence-electron chi connectivity index (χ0n) is 4.39. The van der Waals surface area contributed by atoms with E-state index in [1.54, 1.807) is 0 Å². The first-order valence-corrected chi connectivity index (χ1v) is 2.43. The minimum Gasteiger partial charge on any atom is -0.351 e. The van der Waals surface area contributed by atoms with E-state index in [2.05, 4.69) is 10.6 Å². The first kappa shape index (κ1) is 5.68. The molecule has 1 heterocycles. The van der Waals surface area contributed by atoms with Crippen LogP contribution in [0.3, 0.4) is 0 Å². The molecule has 0 atom stereocenters. The van der Waals surface area contributed by atoms with E-state index in [-0.39, 0.29) is 6.17 Å². The lowest BCUT2D eigenvalue weighted by atomic mass is 10.5. The fourth-order valence-electron chi connectivity index (χ4n) is 0.517. The third-order valence-corrected chi connectivity index (χ3v) is 0.947. The van der Waals surface area contributed by atoms with Crippen LogP contribution in [0.25, 0.3) is 0 Å². The van der Waals surface area contributed by atoms with E-state index < -0.39 is 0 Å². The van der Waals surface area contributed by atoms with Gasteiger partial charge in [0.05, 0.1) is 13.5 Å². The lowest BCUT2D eigenvalue weighted by molar-refractivity contribution is -0.113. The topological polar surface area (TPSA) is 50.4 Å². The molecule has 1 aliphatic heterocycles. The summed E-state index contributed by atoms with van der Waals surface area (Å²) in [5.74, 6) is 0. The third-order valence-electron chi connectivity index (χ3n) is 0.947. The van der Waals surface area contributed by atoms with Crippen molar-refractivity contribution in [3.8, 4) is 0 Å². The minimum atomic E-state index is -0.219. The van der Waals surface area contributed by atoms with E-state index >= 15 is 0 Å². The van der Waals surface area contributed by atoms with Crippen molar-refractivity contribution in [3.63, 3.8) is 0 Å². The van der Waals surface area contributed by atoms with Gasteiger partial charge in [0.1, 0.15) is 6.17 Å². The molecule has 0 aromatic rings. The maximum Gasteiger partial charge on any atom is 0.151 e. The molecule has 0 saturated carbocycles. The van der Waals surface area contributed by atoms with E-state index in [0.717, 1.165) is 6.29 Å². The van der Waals surface area contributed by atoms with Crippen LogP contribution in [-0.2, 0) is 9.53 Å². The first-order valence-electron chi connectivity index (χ1n) is 2.43. The number of aldehydes is 1. The van der Waals surface area contributed by atoms with Gasteiger partial charge in [0.25, 0.3) is 0 Å². The average Bonchev–Trinajstić information content (AvgIpc) is 1.90. The predicted octanol–water partition coefficient (Wildman–Crippen LogP) is -1.36. The van der Waals surface area contributed by atoms with Gasteiger partial charge < -0.3 is 9.53 Å². The smallest absolute Gasteiger partial charge is 0.151 e. The van der Waals surface area contributed by atoms with Gasteiger partial charge in [0.15, 0.2) is 6.29 Å². The van der Waals surface area contributed by atoms with Crippen molar-refractivity contribution < 1.29 is 9.53 Å². The maximum atomic E-state index is 9.98. The number of carbonyl (C=O) groups is 1. The number of hydrogen-bond donors (Lipinski definition) is 2. The molecule has 0 bridgehead atoms. The Hall–Kier alpha value is -0.450. The van der Waals surface area contributed by atoms with E-state index in [1.807, 2.05) is 0 Å². The van der Waals surface area contributed by atoms with Crippen LogP contribution in [0.2, 0.25) is 0 Å². The second-order valence-electron chi connectivity index (χ2n) is 1.51. The van der Waals surface area contributed by atoms with E-state index in [0.29, 0.717) is 13.5 Å². The molecule has 8 heavy (non-hydrogen) atoms. The molecule has 0 amide bonds. The average molecular weight is 116 g/mol. The normalized spacial score (nSPS) is 23.0. The standard InChI is InChI=1S/C4H8N2O2/c7-1-4-5-2-8-3-6-4/h1,4-6H,2-3H2. The summed E-state index contributed by atoms with van der Waals surface area (Å²) in [4.78, 5) is 9.98. The fraction of sp³-hybridized carbons (Fsp3) is 0.750. The molecule has 0 radical (unpaired) electrons. The molecule has 0 unspecified atom stereocenters. The molecule has 2 N–H and O–H groups in total. The Labute approximate surface area is 47.2 Å². The van der Waals surface area contributed by atoms with Crippen LogP contribution in [0.15, 0.2) is 0 Å². The van der Waals surface area contributed by atoms with Crippen molar-refractivity contribution in [2.45, 2.75) is 6.17 Å². The summed E-state index contributed by atoms with van der Waals surface area (Å²) in [6.45, 7) is 0.910. The fourth-order valence-corrected chi connectivity index (χ4v) is 0.517. The number of nitrogens with one attached hydrogen (secondary N) is 2. The molecule has 46 valence electrons. The van der Waals surface area contributed by atoms with E-state index in [9.17, 15) is 4.79 Å². The second-order valence-corrected chi connectivity index (χ2v) is 1.51. The van der Waals surface area contributed by atoms with Gasteiger partial charge in [0, 0.05) is 0 Å². The largest absolute Gasteiger partial charge is 0.351 e. The highest BCUT2D eigenvalue weighted by atomic mass is 16.5. The highest BCUT2D eigenvalue weighted by Crippen LogP contribution is 1.79. The van der Waals surface area contributed by atoms with Gasteiger partial charge in [-0.15, -0.1) is 0 Å². The van der Waals surface area contributed by atoms with E-state index in [4.69, 9.17) is 4.74 Å². The van der Waals surface area contributed by atoms with Crippen LogP contribution in [-0.4, -0.2) is 25.9 Å². The van der Waals surface area contributed by atoms with E-state index in [1.165, 1.54) is 0 Å². The molecule has 1 aliphatic rings. The molecular weight excluding hydrogens is 108 g/mol. The first-order chi connectivity index (χ1) is 3.93. The highest BCUT2D eigenvalue weighted by Gasteiger charge is 2.07. The predicted molar refractivity (Wildman–Crippen MR) is 26.9 cm³/mol. The van der Waals surface area contributed by atoms with Crippen molar-refractivity contribution in [3.05, 3.63) is 0 Å². The summed E-state index contributed by atoms with van der Waals surface area (Å²) in [7, 11) is 0. The summed E-state index contributed by atoms with van der Waals surface area (Å²) in [6, 6.07) is 0. The molecule has 1 rings (SSSR count). The van der Waals surface area contributed by atoms with Crippen molar-refractivity contribution in [2.75, 3.05) is 13.5 Å². The number of carbonyl (C=O) groups excluding carboxylic acids is 1. The van der Waals surface area contributed by atoms with Crippen molar-refractivity contribution in [1.29, 1.82) is 0 Å². The molecule has 0 spiro atoms. The zero-order chi connectivity index (χ0) is 5.82. The van der Waals surface area contributed by atoms with Crippen molar-refractivity contribution in [2.24, 2.45) is 0 Å². The van der Waals surface area contributed by atoms with Gasteiger partial charge in [-0.1, -0.05) is 0 Å². The summed E-state index contributed by atoms with van der Waals surface area (Å²) in [6.07, 6.45) is 0.589. The van der Waals surface area contributed by atoms with Gasteiger partial charge >= 0.3 is 0 Å². The highest BCUT2D eigenvalue weighted by molar-refractivity contribution is 5.56. The Balaban J connectivity index is 2.22. The quantitative estimate of drug-likeness (QED) is 0.415. The Morgan fingerprint density at radius 2 is 2.12 bits per heavy atom. The van der Waals surface area contributed by atoms with Crippen LogP contribution in [0.4, 0.5) is 0 Å². The SMILES string of the molecule is O=CC1NCOCN1.